The molecule has 2 heterocycles. The first-order valence-electron chi connectivity index (χ1n) is 15.4. The Kier molecular flexibility index (Phi) is 8.32. The van der Waals surface area contributed by atoms with E-state index in [1.165, 1.54) is 4.57 Å². The fourth-order valence-corrected chi connectivity index (χ4v) is 5.53. The number of unbranched alkanes of at least 4 members (excludes halogenated alkanes) is 1. The first-order chi connectivity index (χ1) is 22.1. The molecular weight excluding hydrogens is 580 g/mol. The van der Waals surface area contributed by atoms with Crippen molar-refractivity contribution in [3.05, 3.63) is 123 Å². The molecule has 0 atom stereocenters. The van der Waals surface area contributed by atoms with Gasteiger partial charge in [-0.3, -0.25) is 4.79 Å². The maximum atomic E-state index is 13.4. The van der Waals surface area contributed by atoms with Crippen molar-refractivity contribution >= 4 is 28.1 Å². The van der Waals surface area contributed by atoms with Crippen LogP contribution in [-0.4, -0.2) is 30.9 Å². The van der Waals surface area contributed by atoms with Crippen molar-refractivity contribution in [1.82, 2.24) is 19.1 Å². The fourth-order valence-electron chi connectivity index (χ4n) is 5.53. The number of hydrogen-bond donors (Lipinski definition) is 1. The van der Waals surface area contributed by atoms with E-state index in [1.807, 2.05) is 54.6 Å². The molecule has 4 aromatic carbocycles. The highest BCUT2D eigenvalue weighted by molar-refractivity contribution is 5.80. The van der Waals surface area contributed by atoms with Crippen molar-refractivity contribution in [3.63, 3.8) is 0 Å². The number of fused-ring (bicyclic) bond motifs is 2. The van der Waals surface area contributed by atoms with Gasteiger partial charge in [-0.15, -0.1) is 0 Å². The summed E-state index contributed by atoms with van der Waals surface area (Å²) in [4.78, 5) is 46.6. The van der Waals surface area contributed by atoms with Gasteiger partial charge < -0.3 is 19.0 Å². The van der Waals surface area contributed by atoms with Crippen LogP contribution in [0.4, 0.5) is 4.79 Å². The van der Waals surface area contributed by atoms with Crippen molar-refractivity contribution in [1.29, 1.82) is 0 Å². The minimum Gasteiger partial charge on any atom is -0.428 e. The maximum absolute atomic E-state index is 13.4. The zero-order valence-corrected chi connectivity index (χ0v) is 26.4. The van der Waals surface area contributed by atoms with E-state index in [4.69, 9.17) is 14.5 Å². The number of ether oxygens (including phenoxy) is 2. The van der Waals surface area contributed by atoms with Crippen molar-refractivity contribution < 1.29 is 14.3 Å². The summed E-state index contributed by atoms with van der Waals surface area (Å²) in [5.74, 6) is 1.35. The second kappa shape index (κ2) is 12.5. The minimum absolute atomic E-state index is 0.373. The van der Waals surface area contributed by atoms with E-state index in [0.717, 1.165) is 52.8 Å². The molecule has 0 amide bonds. The smallest absolute Gasteiger partial charge is 0.428 e. The maximum Gasteiger partial charge on any atom is 0.514 e. The van der Waals surface area contributed by atoms with E-state index in [2.05, 4.69) is 16.5 Å². The molecule has 9 heteroatoms. The van der Waals surface area contributed by atoms with Crippen LogP contribution in [0.15, 0.2) is 101 Å². The predicted molar refractivity (Wildman–Crippen MR) is 180 cm³/mol. The van der Waals surface area contributed by atoms with Gasteiger partial charge in [0, 0.05) is 18.5 Å². The summed E-state index contributed by atoms with van der Waals surface area (Å²) >= 11 is 0. The van der Waals surface area contributed by atoms with Gasteiger partial charge in [-0.05, 0) is 74.7 Å². The lowest BCUT2D eigenvalue weighted by Gasteiger charge is -2.19. The van der Waals surface area contributed by atoms with Crippen LogP contribution in [-0.2, 0) is 17.7 Å². The number of nitrogens with one attached hydrogen (secondary N) is 1. The molecule has 0 radical (unpaired) electrons. The minimum atomic E-state index is -0.754. The summed E-state index contributed by atoms with van der Waals surface area (Å²) in [7, 11) is 0. The van der Waals surface area contributed by atoms with Crippen LogP contribution in [0.25, 0.3) is 38.8 Å². The van der Waals surface area contributed by atoms with Gasteiger partial charge in [-0.2, -0.15) is 0 Å². The van der Waals surface area contributed by atoms with E-state index in [-0.39, 0.29) is 5.56 Å². The Bertz CT molecular complexity index is 2170. The molecule has 234 valence electrons. The largest absolute Gasteiger partial charge is 0.514 e. The number of aryl methyl sites for hydroxylation is 1. The van der Waals surface area contributed by atoms with Crippen LogP contribution in [0.3, 0.4) is 0 Å². The zero-order valence-electron chi connectivity index (χ0n) is 26.4. The Morgan fingerprint density at radius 2 is 1.65 bits per heavy atom. The topological polar surface area (TPSA) is 108 Å². The van der Waals surface area contributed by atoms with Crippen molar-refractivity contribution in [2.45, 2.75) is 59.1 Å². The number of nitrogens with zero attached hydrogens (tertiary/aromatic N) is 3. The average molecular weight is 617 g/mol. The van der Waals surface area contributed by atoms with Crippen LogP contribution in [0, 0.1) is 0 Å². The highest BCUT2D eigenvalue weighted by Crippen LogP contribution is 2.31. The molecule has 6 aromatic rings. The third kappa shape index (κ3) is 6.35. The standard InChI is InChI=1S/C37H36N4O5/c1-5-6-15-33-38-30-21-20-26(41-34(42)28-12-7-9-13-29(28)39-35(41)43)22-31(30)40(33)23-24-16-18-25(19-17-24)27-11-8-10-14-32(27)45-36(44)46-37(2,3)4/h7-14,16-22H,5-6,15,23H2,1-4H3,(H,39,43). The molecule has 0 saturated heterocycles. The quantitative estimate of drug-likeness (QED) is 0.141. The van der Waals surface area contributed by atoms with Crippen LogP contribution < -0.4 is 16.0 Å². The molecular formula is C37H36N4O5. The van der Waals surface area contributed by atoms with Crippen molar-refractivity contribution in [3.8, 4) is 22.6 Å². The van der Waals surface area contributed by atoms with Gasteiger partial charge in [0.25, 0.3) is 5.56 Å². The molecule has 0 aliphatic heterocycles. The molecule has 0 aliphatic rings. The summed E-state index contributed by atoms with van der Waals surface area (Å²) in [5.41, 5.74) is 3.78. The van der Waals surface area contributed by atoms with Gasteiger partial charge in [0.2, 0.25) is 0 Å². The summed E-state index contributed by atoms with van der Waals surface area (Å²) < 4.78 is 14.2. The van der Waals surface area contributed by atoms with Crippen LogP contribution in [0.2, 0.25) is 0 Å². The molecule has 0 spiro atoms. The molecule has 0 fully saturated rings. The number of para-hydroxylation sites is 2. The number of carbonyl (C=O) groups is 1. The number of carbonyl (C=O) groups excluding carboxylic acids is 1. The average Bonchev–Trinajstić information content (AvgIpc) is 3.36. The predicted octanol–water partition coefficient (Wildman–Crippen LogP) is 7.40. The number of benzene rings is 4. The Morgan fingerprint density at radius 1 is 0.913 bits per heavy atom. The lowest BCUT2D eigenvalue weighted by Crippen LogP contribution is -2.33. The lowest BCUT2D eigenvalue weighted by atomic mass is 10.0. The third-order valence-corrected chi connectivity index (χ3v) is 7.70. The molecule has 9 nitrogen and oxygen atoms in total. The number of aromatic amines is 1. The number of rotatable bonds is 8. The SMILES string of the molecule is CCCCc1nc2ccc(-n3c(=O)[nH]c4ccccc4c3=O)cc2n1Cc1ccc(-c2ccccc2OC(=O)OC(C)(C)C)cc1. The number of aromatic nitrogens is 4. The molecule has 1 N–H and O–H groups in total. The normalized spacial score (nSPS) is 11.7. The second-order valence-electron chi connectivity index (χ2n) is 12.3. The molecule has 6 rings (SSSR count). The highest BCUT2D eigenvalue weighted by Gasteiger charge is 2.20. The van der Waals surface area contributed by atoms with Gasteiger partial charge in [0.05, 0.1) is 27.6 Å². The van der Waals surface area contributed by atoms with Crippen molar-refractivity contribution in [2.75, 3.05) is 0 Å². The summed E-state index contributed by atoms with van der Waals surface area (Å²) in [5, 5.41) is 0.442. The molecule has 46 heavy (non-hydrogen) atoms. The monoisotopic (exact) mass is 616 g/mol. The van der Waals surface area contributed by atoms with Gasteiger partial charge in [-0.25, -0.2) is 19.1 Å². The number of imidazole rings is 1. The summed E-state index contributed by atoms with van der Waals surface area (Å²) in [6.45, 7) is 8.06. The Morgan fingerprint density at radius 3 is 2.41 bits per heavy atom. The van der Waals surface area contributed by atoms with E-state index >= 15 is 0 Å². The fraction of sp³-hybridized carbons (Fsp3) is 0.243. The Labute approximate surface area is 266 Å². The summed E-state index contributed by atoms with van der Waals surface area (Å²) in [6, 6.07) is 27.9. The summed E-state index contributed by atoms with van der Waals surface area (Å²) in [6.07, 6.45) is 2.05. The molecule has 0 bridgehead atoms. The van der Waals surface area contributed by atoms with E-state index in [0.29, 0.717) is 28.9 Å². The second-order valence-corrected chi connectivity index (χ2v) is 12.3. The Balaban J connectivity index is 1.35. The van der Waals surface area contributed by atoms with Crippen molar-refractivity contribution in [2.24, 2.45) is 0 Å². The Hall–Kier alpha value is -5.44. The third-order valence-electron chi connectivity index (χ3n) is 7.70. The first kappa shape index (κ1) is 30.6. The van der Waals surface area contributed by atoms with Gasteiger partial charge in [0.15, 0.2) is 0 Å². The first-order valence-corrected chi connectivity index (χ1v) is 15.4. The molecule has 0 aliphatic carbocycles. The van der Waals surface area contributed by atoms with Gasteiger partial charge in [-0.1, -0.05) is 67.9 Å². The number of H-pyrrole nitrogens is 1. The number of hydrogen-bond acceptors (Lipinski definition) is 6. The van der Waals surface area contributed by atoms with E-state index in [1.54, 1.807) is 57.2 Å². The van der Waals surface area contributed by atoms with E-state index < -0.39 is 17.4 Å². The van der Waals surface area contributed by atoms with Gasteiger partial charge >= 0.3 is 11.8 Å². The van der Waals surface area contributed by atoms with Crippen LogP contribution >= 0.6 is 0 Å². The zero-order chi connectivity index (χ0) is 32.4. The van der Waals surface area contributed by atoms with E-state index in [9.17, 15) is 14.4 Å². The van der Waals surface area contributed by atoms with Crippen LogP contribution in [0.1, 0.15) is 51.9 Å². The van der Waals surface area contributed by atoms with Crippen LogP contribution in [0.5, 0.6) is 5.75 Å². The molecule has 0 unspecified atom stereocenters. The molecule has 2 aromatic heterocycles. The molecule has 0 saturated carbocycles. The highest BCUT2D eigenvalue weighted by atomic mass is 16.7. The van der Waals surface area contributed by atoms with Gasteiger partial charge in [0.1, 0.15) is 17.2 Å². The lowest BCUT2D eigenvalue weighted by molar-refractivity contribution is 0.0207.